The molecule has 1 amide bonds. The van der Waals surface area contributed by atoms with E-state index in [1.54, 1.807) is 6.92 Å². The third-order valence-corrected chi connectivity index (χ3v) is 3.47. The summed E-state index contributed by atoms with van der Waals surface area (Å²) in [6.45, 7) is 5.55. The molecule has 0 unspecified atom stereocenters. The molecule has 0 spiro atoms. The summed E-state index contributed by atoms with van der Waals surface area (Å²) in [5.41, 5.74) is 2.88. The van der Waals surface area contributed by atoms with Crippen LogP contribution in [0.1, 0.15) is 27.0 Å². The molecule has 0 fully saturated rings. The van der Waals surface area contributed by atoms with Crippen molar-refractivity contribution in [3.63, 3.8) is 0 Å². The fraction of sp³-hybridized carbons (Fsp3) is 0.417. The van der Waals surface area contributed by atoms with Gasteiger partial charge in [-0.15, -0.1) is 0 Å². The number of methoxy groups -OCH3 is 1. The Hall–Kier alpha value is -1.26. The number of rotatable bonds is 2. The van der Waals surface area contributed by atoms with Gasteiger partial charge < -0.3 is 4.74 Å². The van der Waals surface area contributed by atoms with Crippen molar-refractivity contribution in [3.05, 3.63) is 27.3 Å². The first-order valence-electron chi connectivity index (χ1n) is 5.18. The summed E-state index contributed by atoms with van der Waals surface area (Å²) in [5, 5.41) is 1.60. The first-order chi connectivity index (χ1) is 7.82. The van der Waals surface area contributed by atoms with Crippen molar-refractivity contribution in [2.24, 2.45) is 5.84 Å². The number of carbonyl (C=O) groups excluding carboxylic acids is 1. The van der Waals surface area contributed by atoms with Gasteiger partial charge >= 0.3 is 0 Å². The monoisotopic (exact) mass is 256 g/mol. The van der Waals surface area contributed by atoms with Crippen molar-refractivity contribution in [3.8, 4) is 5.75 Å². The number of amides is 1. The second-order valence-corrected chi connectivity index (χ2v) is 4.39. The quantitative estimate of drug-likeness (QED) is 0.502. The second-order valence-electron chi connectivity index (χ2n) is 4.01. The van der Waals surface area contributed by atoms with Crippen molar-refractivity contribution >= 4 is 17.5 Å². The number of ether oxygens (including phenoxy) is 1. The number of hydrogen-bond donors (Lipinski definition) is 1. The van der Waals surface area contributed by atoms with Crippen LogP contribution in [0.5, 0.6) is 5.75 Å². The van der Waals surface area contributed by atoms with Crippen LogP contribution in [0.15, 0.2) is 0 Å². The minimum atomic E-state index is -0.315. The molecule has 0 atom stereocenters. The fourth-order valence-corrected chi connectivity index (χ4v) is 2.01. The third kappa shape index (κ3) is 2.23. The smallest absolute Gasteiger partial charge is 0.271 e. The number of hydrogen-bond acceptors (Lipinski definition) is 3. The van der Waals surface area contributed by atoms with E-state index in [-0.39, 0.29) is 5.91 Å². The van der Waals surface area contributed by atoms with E-state index in [9.17, 15) is 4.79 Å². The number of hydrazine groups is 1. The van der Waals surface area contributed by atoms with Gasteiger partial charge in [0.05, 0.1) is 12.7 Å². The minimum Gasteiger partial charge on any atom is -0.496 e. The van der Waals surface area contributed by atoms with Gasteiger partial charge in [-0.3, -0.25) is 9.80 Å². The van der Waals surface area contributed by atoms with Gasteiger partial charge in [0.15, 0.2) is 0 Å². The number of nitrogens with zero attached hydrogens (tertiary/aromatic N) is 1. The Morgan fingerprint density at radius 3 is 2.18 bits per heavy atom. The summed E-state index contributed by atoms with van der Waals surface area (Å²) >= 11 is 6.20. The SMILES string of the molecule is COc1c(C)c(C)c(Cl)c(C)c1C(=O)N(C)N. The molecule has 4 nitrogen and oxygen atoms in total. The molecule has 0 bridgehead atoms. The molecule has 2 N–H and O–H groups in total. The van der Waals surface area contributed by atoms with Crippen LogP contribution in [0.2, 0.25) is 5.02 Å². The lowest BCUT2D eigenvalue weighted by atomic mass is 9.98. The average molecular weight is 257 g/mol. The highest BCUT2D eigenvalue weighted by atomic mass is 35.5. The number of nitrogens with two attached hydrogens (primary N) is 1. The molecule has 0 aromatic heterocycles. The lowest BCUT2D eigenvalue weighted by Crippen LogP contribution is -2.34. The number of benzene rings is 1. The van der Waals surface area contributed by atoms with E-state index in [1.165, 1.54) is 14.2 Å². The van der Waals surface area contributed by atoms with Crippen LogP contribution in [0.4, 0.5) is 0 Å². The normalized spacial score (nSPS) is 10.3. The molecular formula is C12H17ClN2O2. The molecule has 0 saturated carbocycles. The Bertz CT molecular complexity index is 470. The van der Waals surface area contributed by atoms with Gasteiger partial charge in [0, 0.05) is 12.1 Å². The van der Waals surface area contributed by atoms with Crippen molar-refractivity contribution in [2.75, 3.05) is 14.2 Å². The maximum Gasteiger partial charge on any atom is 0.271 e. The summed E-state index contributed by atoms with van der Waals surface area (Å²) in [7, 11) is 3.02. The van der Waals surface area contributed by atoms with Crippen LogP contribution in [0.3, 0.4) is 0 Å². The summed E-state index contributed by atoms with van der Waals surface area (Å²) in [4.78, 5) is 12.0. The van der Waals surface area contributed by atoms with Crippen LogP contribution in [-0.4, -0.2) is 25.1 Å². The fourth-order valence-electron chi connectivity index (χ4n) is 1.77. The zero-order valence-electron chi connectivity index (χ0n) is 10.7. The van der Waals surface area contributed by atoms with Gasteiger partial charge in [-0.2, -0.15) is 0 Å². The molecule has 0 heterocycles. The van der Waals surface area contributed by atoms with Crippen LogP contribution < -0.4 is 10.6 Å². The molecule has 17 heavy (non-hydrogen) atoms. The maximum atomic E-state index is 12.0. The molecule has 94 valence electrons. The van der Waals surface area contributed by atoms with E-state index in [4.69, 9.17) is 22.2 Å². The standard InChI is InChI=1S/C12H17ClN2O2/c1-6-7(2)11(17-5)9(8(3)10(6)13)12(16)15(4)14/h14H2,1-5H3. The summed E-state index contributed by atoms with van der Waals surface area (Å²) in [5.74, 6) is 5.70. The second kappa shape index (κ2) is 4.94. The summed E-state index contributed by atoms with van der Waals surface area (Å²) in [6, 6.07) is 0. The van der Waals surface area contributed by atoms with Crippen LogP contribution >= 0.6 is 11.6 Å². The van der Waals surface area contributed by atoms with Gasteiger partial charge in [0.1, 0.15) is 5.75 Å². The Kier molecular flexibility index (Phi) is 4.01. The first kappa shape index (κ1) is 13.8. The van der Waals surface area contributed by atoms with E-state index >= 15 is 0 Å². The molecule has 0 radical (unpaired) electrons. The van der Waals surface area contributed by atoms with E-state index in [2.05, 4.69) is 0 Å². The molecule has 1 aromatic carbocycles. The van der Waals surface area contributed by atoms with Crippen molar-refractivity contribution in [1.29, 1.82) is 0 Å². The van der Waals surface area contributed by atoms with E-state index in [0.29, 0.717) is 21.9 Å². The van der Waals surface area contributed by atoms with E-state index < -0.39 is 0 Å². The molecule has 1 rings (SSSR count). The largest absolute Gasteiger partial charge is 0.496 e. The van der Waals surface area contributed by atoms with Gasteiger partial charge in [0.25, 0.3) is 5.91 Å². The molecule has 5 heteroatoms. The molecular weight excluding hydrogens is 240 g/mol. The van der Waals surface area contributed by atoms with Crippen molar-refractivity contribution in [2.45, 2.75) is 20.8 Å². The van der Waals surface area contributed by atoms with Gasteiger partial charge in [-0.1, -0.05) is 11.6 Å². The van der Waals surface area contributed by atoms with Gasteiger partial charge in [0.2, 0.25) is 0 Å². The Balaban J connectivity index is 3.64. The topological polar surface area (TPSA) is 55.6 Å². The molecule has 0 aliphatic heterocycles. The molecule has 0 saturated heterocycles. The predicted octanol–water partition coefficient (Wildman–Crippen LogP) is 2.22. The predicted molar refractivity (Wildman–Crippen MR) is 68.5 cm³/mol. The zero-order chi connectivity index (χ0) is 13.3. The first-order valence-corrected chi connectivity index (χ1v) is 5.56. The zero-order valence-corrected chi connectivity index (χ0v) is 11.5. The highest BCUT2D eigenvalue weighted by molar-refractivity contribution is 6.33. The van der Waals surface area contributed by atoms with Gasteiger partial charge in [-0.05, 0) is 37.5 Å². The maximum absolute atomic E-state index is 12.0. The highest BCUT2D eigenvalue weighted by Gasteiger charge is 2.23. The Labute approximate surface area is 106 Å². The molecule has 1 aromatic rings. The lowest BCUT2D eigenvalue weighted by molar-refractivity contribution is 0.0791. The summed E-state index contributed by atoms with van der Waals surface area (Å²) < 4.78 is 5.30. The van der Waals surface area contributed by atoms with Crippen molar-refractivity contribution in [1.82, 2.24) is 5.01 Å². The van der Waals surface area contributed by atoms with Gasteiger partial charge in [-0.25, -0.2) is 5.84 Å². The number of halogens is 1. The molecule has 0 aliphatic rings. The van der Waals surface area contributed by atoms with Crippen LogP contribution in [0.25, 0.3) is 0 Å². The minimum absolute atomic E-state index is 0.315. The molecule has 0 aliphatic carbocycles. The van der Waals surface area contributed by atoms with Crippen LogP contribution in [0, 0.1) is 20.8 Å². The van der Waals surface area contributed by atoms with Crippen molar-refractivity contribution < 1.29 is 9.53 Å². The Morgan fingerprint density at radius 2 is 1.76 bits per heavy atom. The average Bonchev–Trinajstić information content (AvgIpc) is 2.29. The summed E-state index contributed by atoms with van der Waals surface area (Å²) in [6.07, 6.45) is 0. The van der Waals surface area contributed by atoms with E-state index in [1.807, 2.05) is 13.8 Å². The third-order valence-electron chi connectivity index (χ3n) is 2.90. The van der Waals surface area contributed by atoms with E-state index in [0.717, 1.165) is 16.1 Å². The highest BCUT2D eigenvalue weighted by Crippen LogP contribution is 2.36. The Morgan fingerprint density at radius 1 is 1.24 bits per heavy atom. The number of carbonyl (C=O) groups is 1. The lowest BCUT2D eigenvalue weighted by Gasteiger charge is -2.20. The van der Waals surface area contributed by atoms with Crippen LogP contribution in [-0.2, 0) is 0 Å².